The molecule has 0 aliphatic rings. The molecule has 0 fully saturated rings. The van der Waals surface area contributed by atoms with Gasteiger partial charge in [0.25, 0.3) is 0 Å². The molecule has 0 aliphatic carbocycles. The van der Waals surface area contributed by atoms with Crippen molar-refractivity contribution in [3.8, 4) is 0 Å². The summed E-state index contributed by atoms with van der Waals surface area (Å²) in [5.74, 6) is 0.869. The Kier molecular flexibility index (Phi) is 3.54. The standard InChI is InChI=1S/C9H12N2S/c1-2-7-12-11-9-6-4-3-5-8(9)10/h2-6,11H,1,7,10H2. The van der Waals surface area contributed by atoms with E-state index in [1.54, 1.807) is 11.9 Å². The highest BCUT2D eigenvalue weighted by molar-refractivity contribution is 8.00. The van der Waals surface area contributed by atoms with Crippen molar-refractivity contribution in [1.29, 1.82) is 0 Å². The molecule has 0 aromatic heterocycles. The van der Waals surface area contributed by atoms with E-state index in [2.05, 4.69) is 11.3 Å². The molecule has 12 heavy (non-hydrogen) atoms. The van der Waals surface area contributed by atoms with Crippen molar-refractivity contribution in [2.45, 2.75) is 0 Å². The molecule has 0 heterocycles. The summed E-state index contributed by atoms with van der Waals surface area (Å²) >= 11 is 1.57. The van der Waals surface area contributed by atoms with E-state index in [0.29, 0.717) is 0 Å². The third-order valence-electron chi connectivity index (χ3n) is 1.34. The molecular formula is C9H12N2S. The maximum absolute atomic E-state index is 5.70. The predicted molar refractivity (Wildman–Crippen MR) is 57.1 cm³/mol. The lowest BCUT2D eigenvalue weighted by Crippen LogP contribution is -1.93. The summed E-state index contributed by atoms with van der Waals surface area (Å²) in [6, 6.07) is 7.69. The molecule has 1 rings (SSSR count). The van der Waals surface area contributed by atoms with Gasteiger partial charge in [-0.1, -0.05) is 18.2 Å². The lowest BCUT2D eigenvalue weighted by Gasteiger charge is -2.05. The average molecular weight is 180 g/mol. The minimum atomic E-state index is 0.772. The van der Waals surface area contributed by atoms with Crippen LogP contribution in [0.2, 0.25) is 0 Å². The number of rotatable bonds is 4. The van der Waals surface area contributed by atoms with Gasteiger partial charge in [0, 0.05) is 5.75 Å². The van der Waals surface area contributed by atoms with Crippen LogP contribution >= 0.6 is 11.9 Å². The Bertz CT molecular complexity index is 260. The summed E-state index contributed by atoms with van der Waals surface area (Å²) in [6.45, 7) is 3.62. The number of hydrogen-bond acceptors (Lipinski definition) is 3. The number of nitrogen functional groups attached to an aromatic ring is 1. The van der Waals surface area contributed by atoms with Crippen LogP contribution < -0.4 is 10.5 Å². The Labute approximate surface area is 77.0 Å². The van der Waals surface area contributed by atoms with Gasteiger partial charge in [0.1, 0.15) is 0 Å². The third-order valence-corrected chi connectivity index (χ3v) is 2.11. The van der Waals surface area contributed by atoms with Gasteiger partial charge in [-0.15, -0.1) is 6.58 Å². The Morgan fingerprint density at radius 1 is 1.50 bits per heavy atom. The fourth-order valence-electron chi connectivity index (χ4n) is 0.768. The van der Waals surface area contributed by atoms with E-state index in [4.69, 9.17) is 5.73 Å². The van der Waals surface area contributed by atoms with Crippen LogP contribution in [0, 0.1) is 0 Å². The van der Waals surface area contributed by atoms with Crippen molar-refractivity contribution in [3.05, 3.63) is 36.9 Å². The zero-order chi connectivity index (χ0) is 8.81. The first kappa shape index (κ1) is 9.00. The van der Waals surface area contributed by atoms with Crippen molar-refractivity contribution in [1.82, 2.24) is 0 Å². The molecule has 2 nitrogen and oxygen atoms in total. The van der Waals surface area contributed by atoms with Gasteiger partial charge >= 0.3 is 0 Å². The maximum atomic E-state index is 5.70. The molecule has 64 valence electrons. The molecule has 3 heteroatoms. The third kappa shape index (κ3) is 2.51. The van der Waals surface area contributed by atoms with E-state index in [9.17, 15) is 0 Å². The second-order valence-corrected chi connectivity index (χ2v) is 3.12. The Morgan fingerprint density at radius 2 is 2.25 bits per heavy atom. The van der Waals surface area contributed by atoms with E-state index in [-0.39, 0.29) is 0 Å². The number of nitrogens with one attached hydrogen (secondary N) is 1. The molecule has 0 radical (unpaired) electrons. The summed E-state index contributed by atoms with van der Waals surface area (Å²) in [6.07, 6.45) is 1.84. The second-order valence-electron chi connectivity index (χ2n) is 2.29. The summed E-state index contributed by atoms with van der Waals surface area (Å²) < 4.78 is 3.13. The highest BCUT2D eigenvalue weighted by Crippen LogP contribution is 2.19. The summed E-state index contributed by atoms with van der Waals surface area (Å²) in [5, 5.41) is 0. The smallest absolute Gasteiger partial charge is 0.0673 e. The van der Waals surface area contributed by atoms with E-state index in [0.717, 1.165) is 17.1 Å². The zero-order valence-electron chi connectivity index (χ0n) is 6.79. The predicted octanol–water partition coefficient (Wildman–Crippen LogP) is 2.51. The molecule has 0 bridgehead atoms. The van der Waals surface area contributed by atoms with Crippen LogP contribution in [0.1, 0.15) is 0 Å². The number of benzene rings is 1. The van der Waals surface area contributed by atoms with Crippen molar-refractivity contribution < 1.29 is 0 Å². The zero-order valence-corrected chi connectivity index (χ0v) is 7.60. The van der Waals surface area contributed by atoms with E-state index >= 15 is 0 Å². The first-order valence-electron chi connectivity index (χ1n) is 3.68. The Balaban J connectivity index is 2.51. The number of hydrogen-bond donors (Lipinski definition) is 2. The van der Waals surface area contributed by atoms with E-state index < -0.39 is 0 Å². The molecule has 0 unspecified atom stereocenters. The first-order valence-corrected chi connectivity index (χ1v) is 4.66. The van der Waals surface area contributed by atoms with Crippen molar-refractivity contribution >= 4 is 23.3 Å². The molecule has 0 spiro atoms. The van der Waals surface area contributed by atoms with E-state index in [1.165, 1.54) is 0 Å². The molecular weight excluding hydrogens is 168 g/mol. The van der Waals surface area contributed by atoms with Gasteiger partial charge in [-0.2, -0.15) is 0 Å². The lowest BCUT2D eigenvalue weighted by atomic mass is 10.3. The van der Waals surface area contributed by atoms with Gasteiger partial charge in [0.15, 0.2) is 0 Å². The quantitative estimate of drug-likeness (QED) is 0.323. The largest absolute Gasteiger partial charge is 0.397 e. The normalized spacial score (nSPS) is 9.33. The monoisotopic (exact) mass is 180 g/mol. The minimum Gasteiger partial charge on any atom is -0.397 e. The summed E-state index contributed by atoms with van der Waals surface area (Å²) in [4.78, 5) is 0. The summed E-state index contributed by atoms with van der Waals surface area (Å²) in [5.41, 5.74) is 7.44. The SMILES string of the molecule is C=CCSNc1ccccc1N. The molecule has 0 atom stereocenters. The Morgan fingerprint density at radius 3 is 2.92 bits per heavy atom. The highest BCUT2D eigenvalue weighted by Gasteiger charge is 1.94. The molecule has 0 saturated heterocycles. The first-order chi connectivity index (χ1) is 5.84. The molecule has 0 amide bonds. The van der Waals surface area contributed by atoms with Gasteiger partial charge in [-0.05, 0) is 24.1 Å². The molecule has 1 aromatic carbocycles. The number of anilines is 2. The van der Waals surface area contributed by atoms with Gasteiger partial charge in [0.05, 0.1) is 11.4 Å². The fourth-order valence-corrected chi connectivity index (χ4v) is 1.31. The maximum Gasteiger partial charge on any atom is 0.0673 e. The van der Waals surface area contributed by atoms with Gasteiger partial charge in [0.2, 0.25) is 0 Å². The van der Waals surface area contributed by atoms with Gasteiger partial charge in [-0.25, -0.2) is 0 Å². The van der Waals surface area contributed by atoms with Gasteiger partial charge in [-0.3, -0.25) is 0 Å². The number of nitrogens with two attached hydrogens (primary N) is 1. The molecule has 0 saturated carbocycles. The fraction of sp³-hybridized carbons (Fsp3) is 0.111. The molecule has 3 N–H and O–H groups in total. The second kappa shape index (κ2) is 4.72. The van der Waals surface area contributed by atoms with Crippen LogP contribution in [-0.2, 0) is 0 Å². The van der Waals surface area contributed by atoms with Crippen molar-refractivity contribution in [2.75, 3.05) is 16.2 Å². The summed E-state index contributed by atoms with van der Waals surface area (Å²) in [7, 11) is 0. The van der Waals surface area contributed by atoms with E-state index in [1.807, 2.05) is 30.3 Å². The number of para-hydroxylation sites is 2. The van der Waals surface area contributed by atoms with Crippen LogP contribution in [0.15, 0.2) is 36.9 Å². The molecule has 0 aliphatic heterocycles. The lowest BCUT2D eigenvalue weighted by molar-refractivity contribution is 1.65. The van der Waals surface area contributed by atoms with Crippen LogP contribution in [0.3, 0.4) is 0 Å². The van der Waals surface area contributed by atoms with Crippen molar-refractivity contribution in [2.24, 2.45) is 0 Å². The van der Waals surface area contributed by atoms with Crippen LogP contribution in [0.4, 0.5) is 11.4 Å². The Hall–Kier alpha value is -1.09. The topological polar surface area (TPSA) is 38.0 Å². The minimum absolute atomic E-state index is 0.772. The van der Waals surface area contributed by atoms with Crippen LogP contribution in [0.5, 0.6) is 0 Å². The van der Waals surface area contributed by atoms with Crippen molar-refractivity contribution in [3.63, 3.8) is 0 Å². The van der Waals surface area contributed by atoms with Crippen LogP contribution in [0.25, 0.3) is 0 Å². The average Bonchev–Trinajstić information content (AvgIpc) is 2.09. The molecule has 1 aromatic rings. The van der Waals surface area contributed by atoms with Gasteiger partial charge < -0.3 is 10.5 Å². The highest BCUT2D eigenvalue weighted by atomic mass is 32.2. The van der Waals surface area contributed by atoms with Crippen LogP contribution in [-0.4, -0.2) is 5.75 Å².